The molecule has 3 heterocycles. The summed E-state index contributed by atoms with van der Waals surface area (Å²) in [7, 11) is 0. The van der Waals surface area contributed by atoms with E-state index >= 15 is 0 Å². The van der Waals surface area contributed by atoms with Crippen molar-refractivity contribution in [3.8, 4) is 11.4 Å². The number of nitrogens with zero attached hydrogens (tertiary/aromatic N) is 5. The van der Waals surface area contributed by atoms with Crippen LogP contribution in [-0.4, -0.2) is 24.7 Å². The minimum Gasteiger partial charge on any atom is -0.338 e. The number of hydrogen-bond donors (Lipinski definition) is 0. The van der Waals surface area contributed by atoms with Crippen molar-refractivity contribution in [2.75, 3.05) is 0 Å². The van der Waals surface area contributed by atoms with Crippen LogP contribution in [0, 0.1) is 0 Å². The minimum atomic E-state index is 0.345. The van der Waals surface area contributed by atoms with E-state index in [1.54, 1.807) is 24.2 Å². The lowest BCUT2D eigenvalue weighted by Crippen LogP contribution is -1.98. The Morgan fingerprint density at radius 1 is 1.16 bits per heavy atom. The van der Waals surface area contributed by atoms with E-state index in [4.69, 9.17) is 4.52 Å². The number of imidazole rings is 1. The van der Waals surface area contributed by atoms with E-state index in [2.05, 4.69) is 44.6 Å². The maximum Gasteiger partial charge on any atom is 0.237 e. The van der Waals surface area contributed by atoms with Gasteiger partial charge < -0.3 is 9.09 Å². The highest BCUT2D eigenvalue weighted by molar-refractivity contribution is 7.98. The summed E-state index contributed by atoms with van der Waals surface area (Å²) < 4.78 is 7.53. The van der Waals surface area contributed by atoms with Crippen molar-refractivity contribution in [2.24, 2.45) is 0 Å². The SMILES string of the molecule is CC(C)n1cnc2ccc(-c3noc(CSc4ccncc4)n3)cc21. The smallest absolute Gasteiger partial charge is 0.237 e. The molecule has 0 saturated carbocycles. The molecule has 0 N–H and O–H groups in total. The highest BCUT2D eigenvalue weighted by Gasteiger charge is 2.12. The van der Waals surface area contributed by atoms with Crippen molar-refractivity contribution in [1.82, 2.24) is 24.7 Å². The molecule has 0 bridgehead atoms. The van der Waals surface area contributed by atoms with Gasteiger partial charge in [0.2, 0.25) is 11.7 Å². The first-order valence-corrected chi connectivity index (χ1v) is 9.01. The summed E-state index contributed by atoms with van der Waals surface area (Å²) in [5.74, 6) is 1.83. The number of aromatic nitrogens is 5. The van der Waals surface area contributed by atoms with Crippen LogP contribution >= 0.6 is 11.8 Å². The lowest BCUT2D eigenvalue weighted by molar-refractivity contribution is 0.391. The van der Waals surface area contributed by atoms with Gasteiger partial charge in [-0.3, -0.25) is 4.98 Å². The topological polar surface area (TPSA) is 69.6 Å². The summed E-state index contributed by atoms with van der Waals surface area (Å²) in [6, 6.07) is 10.3. The highest BCUT2D eigenvalue weighted by Crippen LogP contribution is 2.26. The van der Waals surface area contributed by atoms with Gasteiger partial charge in [-0.05, 0) is 44.2 Å². The van der Waals surface area contributed by atoms with Gasteiger partial charge in [-0.1, -0.05) is 5.16 Å². The summed E-state index contributed by atoms with van der Waals surface area (Å²) in [5.41, 5.74) is 2.97. The Morgan fingerprint density at radius 3 is 2.80 bits per heavy atom. The van der Waals surface area contributed by atoms with Crippen LogP contribution in [-0.2, 0) is 5.75 Å². The van der Waals surface area contributed by atoms with Crippen molar-refractivity contribution in [1.29, 1.82) is 0 Å². The molecule has 7 heteroatoms. The predicted molar refractivity (Wildman–Crippen MR) is 97.2 cm³/mol. The van der Waals surface area contributed by atoms with Crippen LogP contribution in [0.5, 0.6) is 0 Å². The molecule has 4 rings (SSSR count). The second-order valence-corrected chi connectivity index (χ2v) is 6.98. The van der Waals surface area contributed by atoms with Gasteiger partial charge in [0.1, 0.15) is 0 Å². The largest absolute Gasteiger partial charge is 0.338 e. The van der Waals surface area contributed by atoms with Crippen molar-refractivity contribution in [3.63, 3.8) is 0 Å². The molecule has 0 saturated heterocycles. The first-order valence-electron chi connectivity index (χ1n) is 8.03. The Hall–Kier alpha value is -2.67. The Morgan fingerprint density at radius 2 is 2.00 bits per heavy atom. The Balaban J connectivity index is 1.57. The molecule has 1 aromatic carbocycles. The van der Waals surface area contributed by atoms with E-state index < -0.39 is 0 Å². The lowest BCUT2D eigenvalue weighted by Gasteiger charge is -2.07. The van der Waals surface area contributed by atoms with Gasteiger partial charge in [-0.2, -0.15) is 4.98 Å². The van der Waals surface area contributed by atoms with E-state index in [0.717, 1.165) is 21.5 Å². The van der Waals surface area contributed by atoms with Crippen molar-refractivity contribution in [3.05, 3.63) is 54.9 Å². The van der Waals surface area contributed by atoms with Crippen LogP contribution in [0.2, 0.25) is 0 Å². The van der Waals surface area contributed by atoms with Gasteiger partial charge >= 0.3 is 0 Å². The van der Waals surface area contributed by atoms with Crippen LogP contribution in [0.15, 0.2) is 58.5 Å². The van der Waals surface area contributed by atoms with Crippen LogP contribution in [0.1, 0.15) is 25.8 Å². The maximum absolute atomic E-state index is 5.39. The zero-order valence-electron chi connectivity index (χ0n) is 14.0. The fourth-order valence-corrected chi connectivity index (χ4v) is 3.31. The zero-order chi connectivity index (χ0) is 17.2. The summed E-state index contributed by atoms with van der Waals surface area (Å²) in [6.45, 7) is 4.27. The summed E-state index contributed by atoms with van der Waals surface area (Å²) >= 11 is 1.64. The standard InChI is InChI=1S/C18H17N5OS/c1-12(2)23-11-20-15-4-3-13(9-16(15)23)18-21-17(24-22-18)10-25-14-5-7-19-8-6-14/h3-9,11-12H,10H2,1-2H3. The van der Waals surface area contributed by atoms with Gasteiger partial charge in [-0.15, -0.1) is 11.8 Å². The monoisotopic (exact) mass is 351 g/mol. The van der Waals surface area contributed by atoms with E-state index in [9.17, 15) is 0 Å². The molecule has 0 radical (unpaired) electrons. The molecule has 0 fully saturated rings. The molecule has 3 aromatic heterocycles. The van der Waals surface area contributed by atoms with E-state index in [-0.39, 0.29) is 0 Å². The number of pyridine rings is 1. The minimum absolute atomic E-state index is 0.345. The van der Waals surface area contributed by atoms with E-state index in [0.29, 0.717) is 23.5 Å². The summed E-state index contributed by atoms with van der Waals surface area (Å²) in [6.07, 6.45) is 5.41. The fraction of sp³-hybridized carbons (Fsp3) is 0.222. The third-order valence-corrected chi connectivity index (χ3v) is 4.87. The Kier molecular flexibility index (Phi) is 4.23. The van der Waals surface area contributed by atoms with Gasteiger partial charge in [0.25, 0.3) is 0 Å². The molecule has 126 valence electrons. The number of fused-ring (bicyclic) bond motifs is 1. The summed E-state index contributed by atoms with van der Waals surface area (Å²) in [4.78, 5) is 14.1. The molecule has 25 heavy (non-hydrogen) atoms. The molecule has 0 unspecified atom stereocenters. The molecule has 6 nitrogen and oxygen atoms in total. The van der Waals surface area contributed by atoms with E-state index in [1.165, 1.54) is 0 Å². The van der Waals surface area contributed by atoms with Crippen molar-refractivity contribution in [2.45, 2.75) is 30.5 Å². The molecular weight excluding hydrogens is 334 g/mol. The number of thioether (sulfide) groups is 1. The maximum atomic E-state index is 5.39. The molecule has 0 spiro atoms. The average molecular weight is 351 g/mol. The molecular formula is C18H17N5OS. The molecule has 0 amide bonds. The normalized spacial score (nSPS) is 11.5. The third kappa shape index (κ3) is 3.28. The lowest BCUT2D eigenvalue weighted by atomic mass is 10.2. The molecule has 0 atom stereocenters. The van der Waals surface area contributed by atoms with Gasteiger partial charge in [0, 0.05) is 28.9 Å². The van der Waals surface area contributed by atoms with Crippen LogP contribution in [0.3, 0.4) is 0 Å². The second-order valence-electron chi connectivity index (χ2n) is 5.93. The molecule has 0 aliphatic heterocycles. The van der Waals surface area contributed by atoms with E-state index in [1.807, 2.05) is 30.6 Å². The highest BCUT2D eigenvalue weighted by atomic mass is 32.2. The third-order valence-electron chi connectivity index (χ3n) is 3.87. The van der Waals surface area contributed by atoms with Gasteiger partial charge in [-0.25, -0.2) is 4.98 Å². The zero-order valence-corrected chi connectivity index (χ0v) is 14.8. The van der Waals surface area contributed by atoms with Crippen LogP contribution < -0.4 is 0 Å². The number of rotatable bonds is 5. The molecule has 0 aliphatic rings. The van der Waals surface area contributed by atoms with Gasteiger partial charge in [0.05, 0.1) is 23.1 Å². The van der Waals surface area contributed by atoms with Crippen LogP contribution in [0.4, 0.5) is 0 Å². The van der Waals surface area contributed by atoms with Crippen molar-refractivity contribution < 1.29 is 4.52 Å². The Bertz CT molecular complexity index is 993. The number of hydrogen-bond acceptors (Lipinski definition) is 6. The molecule has 0 aliphatic carbocycles. The average Bonchev–Trinajstić information content (AvgIpc) is 3.27. The van der Waals surface area contributed by atoms with Gasteiger partial charge in [0.15, 0.2) is 0 Å². The fourth-order valence-electron chi connectivity index (χ4n) is 2.59. The second kappa shape index (κ2) is 6.68. The first-order chi connectivity index (χ1) is 12.2. The molecule has 4 aromatic rings. The predicted octanol–water partition coefficient (Wildman–Crippen LogP) is 4.35. The summed E-state index contributed by atoms with van der Waals surface area (Å²) in [5, 5.41) is 4.12. The number of benzene rings is 1. The first kappa shape index (κ1) is 15.8. The Labute approximate surface area is 149 Å². The quantitative estimate of drug-likeness (QED) is 0.498. The van der Waals surface area contributed by atoms with Crippen molar-refractivity contribution >= 4 is 22.8 Å². The van der Waals surface area contributed by atoms with Crippen LogP contribution in [0.25, 0.3) is 22.4 Å².